The van der Waals surface area contributed by atoms with Crippen molar-refractivity contribution in [1.82, 2.24) is 10.2 Å². The average Bonchev–Trinajstić information content (AvgIpc) is 2.70. The topological polar surface area (TPSA) is 41.6 Å². The van der Waals surface area contributed by atoms with Gasteiger partial charge in [-0.1, -0.05) is 49.7 Å². The summed E-state index contributed by atoms with van der Waals surface area (Å²) in [6.07, 6.45) is 1.17. The van der Waals surface area contributed by atoms with Gasteiger partial charge in [0.2, 0.25) is 5.91 Å². The maximum atomic E-state index is 12.4. The summed E-state index contributed by atoms with van der Waals surface area (Å²) < 4.78 is 5.36. The van der Waals surface area contributed by atoms with Crippen LogP contribution in [0.25, 0.3) is 0 Å². The number of ether oxygens (including phenoxy) is 1. The third-order valence-electron chi connectivity index (χ3n) is 4.78. The summed E-state index contributed by atoms with van der Waals surface area (Å²) in [5.41, 5.74) is 2.26. The van der Waals surface area contributed by atoms with Gasteiger partial charge in [-0.05, 0) is 54.9 Å². The molecular formula is C22H29ClN2O2. The SMILES string of the molecule is CCN(CC)C(CNC(=O)CCc1ccc(Cl)cc1)c1cccc(OC)c1. The van der Waals surface area contributed by atoms with Crippen molar-refractivity contribution in [2.45, 2.75) is 32.7 Å². The number of rotatable bonds is 10. The summed E-state index contributed by atoms with van der Waals surface area (Å²) in [7, 11) is 1.67. The summed E-state index contributed by atoms with van der Waals surface area (Å²) in [4.78, 5) is 14.7. The molecule has 0 spiro atoms. The van der Waals surface area contributed by atoms with Crippen molar-refractivity contribution in [3.63, 3.8) is 0 Å². The fraction of sp³-hybridized carbons (Fsp3) is 0.409. The first-order valence-electron chi connectivity index (χ1n) is 9.46. The Kier molecular flexibility index (Phi) is 8.62. The molecule has 1 unspecified atom stereocenters. The molecule has 0 heterocycles. The summed E-state index contributed by atoms with van der Waals surface area (Å²) in [5.74, 6) is 0.892. The van der Waals surface area contributed by atoms with Crippen LogP contribution in [0.5, 0.6) is 5.75 Å². The average molecular weight is 389 g/mol. The molecule has 2 aromatic carbocycles. The van der Waals surface area contributed by atoms with Crippen molar-refractivity contribution < 1.29 is 9.53 Å². The summed E-state index contributed by atoms with van der Waals surface area (Å²) in [5, 5.41) is 3.81. The van der Waals surface area contributed by atoms with Gasteiger partial charge in [0.25, 0.3) is 0 Å². The summed E-state index contributed by atoms with van der Waals surface area (Å²) >= 11 is 5.90. The zero-order valence-electron chi connectivity index (χ0n) is 16.4. The lowest BCUT2D eigenvalue weighted by molar-refractivity contribution is -0.121. The lowest BCUT2D eigenvalue weighted by Crippen LogP contribution is -2.38. The van der Waals surface area contributed by atoms with E-state index in [1.165, 1.54) is 0 Å². The molecule has 4 nitrogen and oxygen atoms in total. The molecule has 2 aromatic rings. The second-order valence-corrected chi connectivity index (χ2v) is 6.88. The van der Waals surface area contributed by atoms with Crippen LogP contribution in [0, 0.1) is 0 Å². The number of amides is 1. The predicted molar refractivity (Wildman–Crippen MR) is 111 cm³/mol. The number of halogens is 1. The monoisotopic (exact) mass is 388 g/mol. The molecule has 27 heavy (non-hydrogen) atoms. The van der Waals surface area contributed by atoms with Crippen LogP contribution in [0.15, 0.2) is 48.5 Å². The van der Waals surface area contributed by atoms with Crippen molar-refractivity contribution in [2.24, 2.45) is 0 Å². The third-order valence-corrected chi connectivity index (χ3v) is 5.03. The second kappa shape index (κ2) is 11.0. The van der Waals surface area contributed by atoms with E-state index < -0.39 is 0 Å². The Bertz CT molecular complexity index is 715. The van der Waals surface area contributed by atoms with Gasteiger partial charge in [0, 0.05) is 18.0 Å². The predicted octanol–water partition coefficient (Wildman–Crippen LogP) is 4.48. The first-order chi connectivity index (χ1) is 13.1. The number of hydrogen-bond acceptors (Lipinski definition) is 3. The highest BCUT2D eigenvalue weighted by Crippen LogP contribution is 2.24. The highest BCUT2D eigenvalue weighted by molar-refractivity contribution is 6.30. The number of aryl methyl sites for hydroxylation is 1. The Hall–Kier alpha value is -2.04. The molecule has 0 saturated carbocycles. The van der Waals surface area contributed by atoms with Gasteiger partial charge in [-0.25, -0.2) is 0 Å². The van der Waals surface area contributed by atoms with E-state index in [9.17, 15) is 4.79 Å². The van der Waals surface area contributed by atoms with E-state index >= 15 is 0 Å². The van der Waals surface area contributed by atoms with Gasteiger partial charge in [-0.15, -0.1) is 0 Å². The van der Waals surface area contributed by atoms with E-state index in [1.807, 2.05) is 42.5 Å². The van der Waals surface area contributed by atoms with Gasteiger partial charge < -0.3 is 10.1 Å². The number of carbonyl (C=O) groups is 1. The first-order valence-corrected chi connectivity index (χ1v) is 9.84. The zero-order valence-corrected chi connectivity index (χ0v) is 17.1. The Morgan fingerprint density at radius 2 is 1.85 bits per heavy atom. The van der Waals surface area contributed by atoms with Crippen molar-refractivity contribution in [3.05, 3.63) is 64.7 Å². The van der Waals surface area contributed by atoms with Crippen molar-refractivity contribution in [2.75, 3.05) is 26.7 Å². The molecular weight excluding hydrogens is 360 g/mol. The summed E-state index contributed by atoms with van der Waals surface area (Å²) in [6.45, 7) is 6.68. The first kappa shape index (κ1) is 21.3. The molecule has 0 aliphatic rings. The lowest BCUT2D eigenvalue weighted by Gasteiger charge is -2.30. The van der Waals surface area contributed by atoms with Crippen molar-refractivity contribution >= 4 is 17.5 Å². The minimum atomic E-state index is 0.0602. The van der Waals surface area contributed by atoms with Gasteiger partial charge in [-0.2, -0.15) is 0 Å². The van der Waals surface area contributed by atoms with E-state index in [0.717, 1.165) is 30.0 Å². The quantitative estimate of drug-likeness (QED) is 0.652. The van der Waals surface area contributed by atoms with E-state index in [-0.39, 0.29) is 11.9 Å². The lowest BCUT2D eigenvalue weighted by atomic mass is 10.0. The van der Waals surface area contributed by atoms with Crippen LogP contribution in [-0.4, -0.2) is 37.6 Å². The van der Waals surface area contributed by atoms with E-state index in [2.05, 4.69) is 30.1 Å². The van der Waals surface area contributed by atoms with Crippen LogP contribution in [0.2, 0.25) is 5.02 Å². The number of nitrogens with zero attached hydrogens (tertiary/aromatic N) is 1. The van der Waals surface area contributed by atoms with Crippen LogP contribution >= 0.6 is 11.6 Å². The normalized spacial score (nSPS) is 12.0. The Labute approximate surface area is 167 Å². The molecule has 1 amide bonds. The maximum absolute atomic E-state index is 12.4. The zero-order chi connectivity index (χ0) is 19.6. The number of likely N-dealkylation sites (N-methyl/N-ethyl adjacent to an activating group) is 1. The van der Waals surface area contributed by atoms with E-state index in [4.69, 9.17) is 16.3 Å². The highest BCUT2D eigenvalue weighted by Gasteiger charge is 2.19. The molecule has 5 heteroatoms. The van der Waals surface area contributed by atoms with E-state index in [0.29, 0.717) is 24.4 Å². The molecule has 146 valence electrons. The molecule has 2 rings (SSSR count). The number of hydrogen-bond donors (Lipinski definition) is 1. The summed E-state index contributed by atoms with van der Waals surface area (Å²) in [6, 6.07) is 15.8. The van der Waals surface area contributed by atoms with Crippen LogP contribution < -0.4 is 10.1 Å². The number of methoxy groups -OCH3 is 1. The molecule has 0 aromatic heterocycles. The minimum absolute atomic E-state index is 0.0602. The van der Waals surface area contributed by atoms with Gasteiger partial charge in [0.1, 0.15) is 5.75 Å². The van der Waals surface area contributed by atoms with Crippen molar-refractivity contribution in [3.8, 4) is 5.75 Å². The number of nitrogens with one attached hydrogen (secondary N) is 1. The van der Waals surface area contributed by atoms with Gasteiger partial charge in [-0.3, -0.25) is 9.69 Å². The maximum Gasteiger partial charge on any atom is 0.220 e. The molecule has 0 bridgehead atoms. The largest absolute Gasteiger partial charge is 0.497 e. The van der Waals surface area contributed by atoms with Crippen LogP contribution in [0.1, 0.15) is 37.4 Å². The number of carbonyl (C=O) groups excluding carboxylic acids is 1. The molecule has 1 N–H and O–H groups in total. The molecule has 1 atom stereocenters. The third kappa shape index (κ3) is 6.56. The van der Waals surface area contributed by atoms with Crippen LogP contribution in [0.4, 0.5) is 0 Å². The van der Waals surface area contributed by atoms with Crippen LogP contribution in [-0.2, 0) is 11.2 Å². The minimum Gasteiger partial charge on any atom is -0.497 e. The smallest absolute Gasteiger partial charge is 0.220 e. The van der Waals surface area contributed by atoms with Crippen molar-refractivity contribution in [1.29, 1.82) is 0 Å². The van der Waals surface area contributed by atoms with Gasteiger partial charge in [0.05, 0.1) is 13.2 Å². The molecule has 0 aliphatic carbocycles. The standard InChI is InChI=1S/C22H29ClN2O2/c1-4-25(5-2)21(18-7-6-8-20(15-18)27-3)16-24-22(26)14-11-17-9-12-19(23)13-10-17/h6-10,12-13,15,21H,4-5,11,14,16H2,1-3H3,(H,24,26). The molecule has 0 aliphatic heterocycles. The highest BCUT2D eigenvalue weighted by atomic mass is 35.5. The van der Waals surface area contributed by atoms with Gasteiger partial charge >= 0.3 is 0 Å². The number of benzene rings is 2. The Morgan fingerprint density at radius 1 is 1.15 bits per heavy atom. The van der Waals surface area contributed by atoms with E-state index in [1.54, 1.807) is 7.11 Å². The molecule has 0 radical (unpaired) electrons. The Balaban J connectivity index is 1.97. The fourth-order valence-corrected chi connectivity index (χ4v) is 3.30. The second-order valence-electron chi connectivity index (χ2n) is 6.44. The molecule has 0 saturated heterocycles. The van der Waals surface area contributed by atoms with Gasteiger partial charge in [0.15, 0.2) is 0 Å². The fourth-order valence-electron chi connectivity index (χ4n) is 3.18. The molecule has 0 fully saturated rings. The van der Waals surface area contributed by atoms with Crippen LogP contribution in [0.3, 0.4) is 0 Å². The Morgan fingerprint density at radius 3 is 2.48 bits per heavy atom.